The molecule has 0 spiro atoms. The molecule has 0 aromatic heterocycles. The van der Waals surface area contributed by atoms with Crippen molar-refractivity contribution >= 4 is 17.9 Å². The lowest BCUT2D eigenvalue weighted by Gasteiger charge is -2.18. The summed E-state index contributed by atoms with van der Waals surface area (Å²) in [6, 6.07) is 0. The standard InChI is InChI=1S/C76H124O6/c1-4-7-10-13-16-19-22-25-28-29-30-31-32-33-34-35-36-37-38-39-40-41-42-43-44-45-46-47-49-51-54-57-60-63-66-69-75(78)81-72-73(71-80-74(77)68-65-62-59-56-53-50-27-24-21-18-15-12-9-6-3)82-76(79)70-67-64-61-58-55-52-48-26-23-20-17-14-11-8-5-2/h7-8,10-11,16-17,19-20,25-26,28,30-31,33-34,36-37,39-40,42-43,48,55,58,73H,4-6,9,12-15,18,21-24,27,29,32,35,38,41,44-47,49-54,56-57,59-72H2,1-3H3/b10-7-,11-8-,19-16-,20-17-,28-25-,31-30-,34-33-,37-36-,40-39-,43-42-,48-26-,58-55-. The third kappa shape index (κ3) is 66.1. The predicted molar refractivity (Wildman–Crippen MR) is 357 cm³/mol. The van der Waals surface area contributed by atoms with Crippen LogP contribution in [0.5, 0.6) is 0 Å². The molecule has 0 aliphatic rings. The SMILES string of the molecule is CC/C=C\C/C=C\C/C=C\C/C=C\C/C=C\C/C=C\C/C=C\C/C=C\CCCCCCCCCCCCC(=O)OCC(COC(=O)CCCCCCCCCCCCCCCC)OC(=O)CCCC/C=C\C/C=C\C/C=C\C/C=C\CC. The van der Waals surface area contributed by atoms with Gasteiger partial charge in [-0.2, -0.15) is 0 Å². The molecule has 0 aromatic carbocycles. The van der Waals surface area contributed by atoms with Crippen molar-refractivity contribution in [2.24, 2.45) is 0 Å². The fourth-order valence-electron chi connectivity index (χ4n) is 9.10. The van der Waals surface area contributed by atoms with Gasteiger partial charge in [0, 0.05) is 19.3 Å². The first kappa shape index (κ1) is 77.3. The maximum absolute atomic E-state index is 12.9. The number of carbonyl (C=O) groups is 3. The summed E-state index contributed by atoms with van der Waals surface area (Å²) in [5.74, 6) is -0.939. The molecule has 1 unspecified atom stereocenters. The second kappa shape index (κ2) is 68.8. The number of hydrogen-bond acceptors (Lipinski definition) is 6. The Labute approximate surface area is 506 Å². The molecule has 0 aliphatic heterocycles. The lowest BCUT2D eigenvalue weighted by Crippen LogP contribution is -2.30. The van der Waals surface area contributed by atoms with Gasteiger partial charge in [0.25, 0.3) is 0 Å². The largest absolute Gasteiger partial charge is 0.462 e. The van der Waals surface area contributed by atoms with Crippen molar-refractivity contribution < 1.29 is 28.6 Å². The molecule has 6 nitrogen and oxygen atoms in total. The van der Waals surface area contributed by atoms with E-state index < -0.39 is 6.10 Å². The minimum atomic E-state index is -0.805. The van der Waals surface area contributed by atoms with Crippen molar-refractivity contribution in [2.45, 2.75) is 303 Å². The van der Waals surface area contributed by atoms with E-state index in [9.17, 15) is 14.4 Å². The van der Waals surface area contributed by atoms with Gasteiger partial charge in [-0.1, -0.05) is 301 Å². The molecule has 0 N–H and O–H groups in total. The number of ether oxygens (including phenoxy) is 3. The fourth-order valence-corrected chi connectivity index (χ4v) is 9.10. The number of rotatable bonds is 60. The number of carbonyl (C=O) groups excluding carboxylic acids is 3. The zero-order chi connectivity index (χ0) is 59.2. The molecule has 0 fully saturated rings. The van der Waals surface area contributed by atoms with Crippen molar-refractivity contribution in [3.8, 4) is 0 Å². The van der Waals surface area contributed by atoms with E-state index >= 15 is 0 Å². The van der Waals surface area contributed by atoms with E-state index in [4.69, 9.17) is 14.2 Å². The van der Waals surface area contributed by atoms with E-state index in [0.29, 0.717) is 19.3 Å². The molecule has 82 heavy (non-hydrogen) atoms. The molecule has 0 aliphatic carbocycles. The molecular formula is C76H124O6. The molecular weight excluding hydrogens is 1010 g/mol. The highest BCUT2D eigenvalue weighted by Crippen LogP contribution is 2.16. The summed E-state index contributed by atoms with van der Waals surface area (Å²) >= 11 is 0. The minimum absolute atomic E-state index is 0.0966. The topological polar surface area (TPSA) is 78.9 Å². The lowest BCUT2D eigenvalue weighted by atomic mass is 10.0. The van der Waals surface area contributed by atoms with Crippen LogP contribution in [0.25, 0.3) is 0 Å². The maximum atomic E-state index is 12.9. The van der Waals surface area contributed by atoms with Gasteiger partial charge >= 0.3 is 17.9 Å². The summed E-state index contributed by atoms with van der Waals surface area (Å²) in [6.07, 6.45) is 98.7. The molecule has 6 heteroatoms. The Morgan fingerprint density at radius 1 is 0.256 bits per heavy atom. The first-order valence-corrected chi connectivity index (χ1v) is 33.8. The lowest BCUT2D eigenvalue weighted by molar-refractivity contribution is -0.167. The molecule has 0 saturated heterocycles. The van der Waals surface area contributed by atoms with E-state index in [1.54, 1.807) is 0 Å². The molecule has 0 heterocycles. The normalized spacial score (nSPS) is 13.1. The Bertz CT molecular complexity index is 1780. The minimum Gasteiger partial charge on any atom is -0.462 e. The van der Waals surface area contributed by atoms with Crippen molar-refractivity contribution in [2.75, 3.05) is 13.2 Å². The van der Waals surface area contributed by atoms with Gasteiger partial charge in [0.15, 0.2) is 6.10 Å². The third-order valence-electron chi connectivity index (χ3n) is 14.1. The molecule has 0 rings (SSSR count). The van der Waals surface area contributed by atoms with Crippen LogP contribution in [0.15, 0.2) is 146 Å². The zero-order valence-electron chi connectivity index (χ0n) is 53.2. The van der Waals surface area contributed by atoms with Crippen molar-refractivity contribution in [3.05, 3.63) is 146 Å². The summed E-state index contributed by atoms with van der Waals surface area (Å²) in [7, 11) is 0. The first-order chi connectivity index (χ1) is 40.5. The summed E-state index contributed by atoms with van der Waals surface area (Å²) < 4.78 is 16.9. The van der Waals surface area contributed by atoms with Gasteiger partial charge in [0.05, 0.1) is 0 Å². The van der Waals surface area contributed by atoms with Gasteiger partial charge < -0.3 is 14.2 Å². The summed E-state index contributed by atoms with van der Waals surface area (Å²) in [4.78, 5) is 38.3. The summed E-state index contributed by atoms with van der Waals surface area (Å²) in [5.41, 5.74) is 0. The van der Waals surface area contributed by atoms with Gasteiger partial charge in [-0.25, -0.2) is 0 Å². The van der Waals surface area contributed by atoms with Crippen molar-refractivity contribution in [1.29, 1.82) is 0 Å². The molecule has 0 saturated carbocycles. The Kier molecular flexibility index (Phi) is 64.8. The molecule has 0 radical (unpaired) electrons. The van der Waals surface area contributed by atoms with Crippen LogP contribution in [0.1, 0.15) is 297 Å². The predicted octanol–water partition coefficient (Wildman–Crippen LogP) is 23.5. The van der Waals surface area contributed by atoms with Gasteiger partial charge in [-0.3, -0.25) is 14.4 Å². The second-order valence-corrected chi connectivity index (χ2v) is 22.0. The molecule has 1 atom stereocenters. The van der Waals surface area contributed by atoms with Crippen LogP contribution < -0.4 is 0 Å². The van der Waals surface area contributed by atoms with Crippen LogP contribution in [0.4, 0.5) is 0 Å². The average Bonchev–Trinajstić information content (AvgIpc) is 3.48. The second-order valence-electron chi connectivity index (χ2n) is 22.0. The van der Waals surface area contributed by atoms with E-state index in [1.165, 1.54) is 116 Å². The highest BCUT2D eigenvalue weighted by molar-refractivity contribution is 5.71. The fraction of sp³-hybridized carbons (Fsp3) is 0.645. The smallest absolute Gasteiger partial charge is 0.306 e. The molecule has 464 valence electrons. The Morgan fingerprint density at radius 2 is 0.476 bits per heavy atom. The van der Waals surface area contributed by atoms with E-state index in [1.807, 2.05) is 0 Å². The number of unbranched alkanes of at least 4 members (excludes halogenated alkanes) is 25. The Hall–Kier alpha value is -4.71. The average molecular weight is 1130 g/mol. The first-order valence-electron chi connectivity index (χ1n) is 33.8. The molecule has 0 aromatic rings. The maximum Gasteiger partial charge on any atom is 0.306 e. The quantitative estimate of drug-likeness (QED) is 0.0261. The van der Waals surface area contributed by atoms with Crippen LogP contribution in [-0.2, 0) is 28.6 Å². The van der Waals surface area contributed by atoms with Crippen molar-refractivity contribution in [1.82, 2.24) is 0 Å². The van der Waals surface area contributed by atoms with Gasteiger partial charge in [0.2, 0.25) is 0 Å². The summed E-state index contributed by atoms with van der Waals surface area (Å²) in [5, 5.41) is 0. The van der Waals surface area contributed by atoms with Crippen molar-refractivity contribution in [3.63, 3.8) is 0 Å². The van der Waals surface area contributed by atoms with Crippen LogP contribution in [-0.4, -0.2) is 37.2 Å². The van der Waals surface area contributed by atoms with Crippen LogP contribution in [0.3, 0.4) is 0 Å². The Balaban J connectivity index is 4.26. The van der Waals surface area contributed by atoms with E-state index in [-0.39, 0.29) is 37.5 Å². The summed E-state index contributed by atoms with van der Waals surface area (Å²) in [6.45, 7) is 6.39. The molecule has 0 amide bonds. The van der Waals surface area contributed by atoms with Crippen LogP contribution in [0, 0.1) is 0 Å². The highest BCUT2D eigenvalue weighted by Gasteiger charge is 2.19. The van der Waals surface area contributed by atoms with E-state index in [0.717, 1.165) is 135 Å². The van der Waals surface area contributed by atoms with Crippen LogP contribution in [0.2, 0.25) is 0 Å². The monoisotopic (exact) mass is 1130 g/mol. The zero-order valence-corrected chi connectivity index (χ0v) is 53.2. The number of hydrogen-bond donors (Lipinski definition) is 0. The van der Waals surface area contributed by atoms with Gasteiger partial charge in [0.1, 0.15) is 13.2 Å². The van der Waals surface area contributed by atoms with Gasteiger partial charge in [-0.05, 0) is 122 Å². The van der Waals surface area contributed by atoms with Gasteiger partial charge in [-0.15, -0.1) is 0 Å². The number of allylic oxidation sites excluding steroid dienone is 24. The molecule has 0 bridgehead atoms. The Morgan fingerprint density at radius 3 is 0.768 bits per heavy atom. The number of esters is 3. The highest BCUT2D eigenvalue weighted by atomic mass is 16.6. The van der Waals surface area contributed by atoms with E-state index in [2.05, 4.69) is 167 Å². The van der Waals surface area contributed by atoms with Crippen LogP contribution >= 0.6 is 0 Å². The third-order valence-corrected chi connectivity index (χ3v) is 14.1.